The first-order valence-electron chi connectivity index (χ1n) is 7.26. The molecule has 1 aromatic rings. The van der Waals surface area contributed by atoms with Crippen molar-refractivity contribution in [2.24, 2.45) is 0 Å². The second-order valence-corrected chi connectivity index (χ2v) is 5.26. The van der Waals surface area contributed by atoms with Crippen molar-refractivity contribution in [3.63, 3.8) is 0 Å². The summed E-state index contributed by atoms with van der Waals surface area (Å²) in [5.74, 6) is -0.885. The summed E-state index contributed by atoms with van der Waals surface area (Å²) in [4.78, 5) is 24.3. The number of unbranched alkanes of at least 4 members (excludes halogenated alkanes) is 2. The molecule has 0 unspecified atom stereocenters. The molecule has 0 aliphatic carbocycles. The maximum Gasteiger partial charge on any atom is 0.338 e. The topological polar surface area (TPSA) is 52.6 Å². The van der Waals surface area contributed by atoms with E-state index < -0.39 is 11.9 Å². The number of esters is 2. The van der Waals surface area contributed by atoms with Gasteiger partial charge in [-0.05, 0) is 31.0 Å². The van der Waals surface area contributed by atoms with Gasteiger partial charge in [-0.2, -0.15) is 0 Å². The van der Waals surface area contributed by atoms with E-state index in [-0.39, 0.29) is 0 Å². The number of benzene rings is 1. The monoisotopic (exact) mass is 310 g/mol. The van der Waals surface area contributed by atoms with Crippen molar-refractivity contribution in [2.75, 3.05) is 13.2 Å². The highest BCUT2D eigenvalue weighted by Crippen LogP contribution is 2.16. The average Bonchev–Trinajstić information content (AvgIpc) is 2.47. The van der Waals surface area contributed by atoms with Crippen molar-refractivity contribution < 1.29 is 19.1 Å². The Hall–Kier alpha value is -1.49. The fourth-order valence-electron chi connectivity index (χ4n) is 1.63. The van der Waals surface area contributed by atoms with Crippen LogP contribution in [0.15, 0.2) is 23.1 Å². The van der Waals surface area contributed by atoms with Crippen LogP contribution in [-0.2, 0) is 9.47 Å². The molecule has 0 fully saturated rings. The fourth-order valence-corrected chi connectivity index (χ4v) is 1.91. The third kappa shape index (κ3) is 6.21. The van der Waals surface area contributed by atoms with Gasteiger partial charge in [-0.1, -0.05) is 26.7 Å². The van der Waals surface area contributed by atoms with Gasteiger partial charge < -0.3 is 9.47 Å². The standard InChI is InChI=1S/C16H22O4S/c1-3-5-7-19-15(17)12-9-13(11-14(21)10-12)16(18)20-8-6-4-2/h9-11,21H,3-8H2,1-2H3. The molecule has 5 heteroatoms. The first kappa shape index (κ1) is 17.6. The highest BCUT2D eigenvalue weighted by Gasteiger charge is 2.14. The zero-order valence-electron chi connectivity index (χ0n) is 12.6. The van der Waals surface area contributed by atoms with Gasteiger partial charge in [-0.15, -0.1) is 12.6 Å². The molecule has 0 N–H and O–H groups in total. The molecular formula is C16H22O4S. The SMILES string of the molecule is CCCCOC(=O)c1cc(S)cc(C(=O)OCCCC)c1. The van der Waals surface area contributed by atoms with Crippen LogP contribution in [0.1, 0.15) is 60.2 Å². The van der Waals surface area contributed by atoms with Gasteiger partial charge >= 0.3 is 11.9 Å². The predicted octanol–water partition coefficient (Wildman–Crippen LogP) is 3.89. The van der Waals surface area contributed by atoms with Crippen LogP contribution < -0.4 is 0 Å². The average molecular weight is 310 g/mol. The maximum atomic E-state index is 11.9. The van der Waals surface area contributed by atoms with E-state index in [4.69, 9.17) is 9.47 Å². The highest BCUT2D eigenvalue weighted by molar-refractivity contribution is 7.80. The summed E-state index contributed by atoms with van der Waals surface area (Å²) >= 11 is 4.22. The van der Waals surface area contributed by atoms with E-state index in [1.54, 1.807) is 12.1 Å². The third-order valence-corrected chi connectivity index (χ3v) is 3.11. The maximum absolute atomic E-state index is 11.9. The third-order valence-electron chi connectivity index (χ3n) is 2.85. The molecule has 0 saturated carbocycles. The Morgan fingerprint density at radius 3 is 1.71 bits per heavy atom. The number of carbonyl (C=O) groups excluding carboxylic acids is 2. The van der Waals surface area contributed by atoms with E-state index in [1.165, 1.54) is 6.07 Å². The number of ether oxygens (including phenoxy) is 2. The Morgan fingerprint density at radius 1 is 0.905 bits per heavy atom. The Morgan fingerprint density at radius 2 is 1.33 bits per heavy atom. The summed E-state index contributed by atoms with van der Waals surface area (Å²) in [6.07, 6.45) is 3.54. The van der Waals surface area contributed by atoms with Crippen molar-refractivity contribution in [1.82, 2.24) is 0 Å². The number of hydrogen-bond donors (Lipinski definition) is 1. The lowest BCUT2D eigenvalue weighted by Crippen LogP contribution is -2.10. The fraction of sp³-hybridized carbons (Fsp3) is 0.500. The lowest BCUT2D eigenvalue weighted by molar-refractivity contribution is 0.0497. The highest BCUT2D eigenvalue weighted by atomic mass is 32.1. The van der Waals surface area contributed by atoms with Crippen LogP contribution in [0.5, 0.6) is 0 Å². The molecule has 0 radical (unpaired) electrons. The Kier molecular flexibility index (Phi) is 7.90. The number of thiol groups is 1. The molecule has 0 aliphatic heterocycles. The zero-order valence-corrected chi connectivity index (χ0v) is 13.4. The number of carbonyl (C=O) groups is 2. The van der Waals surface area contributed by atoms with Crippen molar-refractivity contribution in [2.45, 2.75) is 44.4 Å². The van der Waals surface area contributed by atoms with Gasteiger partial charge in [0.05, 0.1) is 24.3 Å². The minimum Gasteiger partial charge on any atom is -0.462 e. The van der Waals surface area contributed by atoms with Gasteiger partial charge in [-0.3, -0.25) is 0 Å². The van der Waals surface area contributed by atoms with Crippen molar-refractivity contribution in [1.29, 1.82) is 0 Å². The van der Waals surface area contributed by atoms with E-state index >= 15 is 0 Å². The summed E-state index contributed by atoms with van der Waals surface area (Å²) in [6.45, 7) is 4.80. The Balaban J connectivity index is 2.74. The molecule has 1 aromatic carbocycles. The van der Waals surface area contributed by atoms with Crippen molar-refractivity contribution in [3.05, 3.63) is 29.3 Å². The molecular weight excluding hydrogens is 288 g/mol. The van der Waals surface area contributed by atoms with Gasteiger partial charge in [0.1, 0.15) is 0 Å². The first-order valence-corrected chi connectivity index (χ1v) is 7.71. The number of hydrogen-bond acceptors (Lipinski definition) is 5. The van der Waals surface area contributed by atoms with Crippen LogP contribution >= 0.6 is 12.6 Å². The van der Waals surface area contributed by atoms with Crippen LogP contribution in [-0.4, -0.2) is 25.2 Å². The normalized spacial score (nSPS) is 10.2. The van der Waals surface area contributed by atoms with Gasteiger partial charge in [0, 0.05) is 4.90 Å². The van der Waals surface area contributed by atoms with Gasteiger partial charge in [0.15, 0.2) is 0 Å². The van der Waals surface area contributed by atoms with E-state index in [0.29, 0.717) is 29.2 Å². The molecule has 4 nitrogen and oxygen atoms in total. The number of rotatable bonds is 8. The molecule has 1 rings (SSSR count). The second kappa shape index (κ2) is 9.45. The van der Waals surface area contributed by atoms with Crippen molar-refractivity contribution in [3.8, 4) is 0 Å². The van der Waals surface area contributed by atoms with E-state index in [2.05, 4.69) is 12.6 Å². The molecule has 0 bridgehead atoms. The zero-order chi connectivity index (χ0) is 15.7. The minimum absolute atomic E-state index is 0.320. The van der Waals surface area contributed by atoms with Crippen LogP contribution in [0.3, 0.4) is 0 Å². The van der Waals surface area contributed by atoms with Crippen LogP contribution in [0.4, 0.5) is 0 Å². The molecule has 0 aliphatic rings. The lowest BCUT2D eigenvalue weighted by atomic mass is 10.1. The molecule has 0 saturated heterocycles. The van der Waals surface area contributed by atoms with Crippen LogP contribution in [0.25, 0.3) is 0 Å². The largest absolute Gasteiger partial charge is 0.462 e. The van der Waals surface area contributed by atoms with Gasteiger partial charge in [-0.25, -0.2) is 9.59 Å². The smallest absolute Gasteiger partial charge is 0.338 e. The summed E-state index contributed by atoms with van der Waals surface area (Å²) in [5, 5.41) is 0. The predicted molar refractivity (Wildman–Crippen MR) is 84.1 cm³/mol. The molecule has 0 spiro atoms. The quantitative estimate of drug-likeness (QED) is 0.449. The van der Waals surface area contributed by atoms with Crippen LogP contribution in [0, 0.1) is 0 Å². The summed E-state index contributed by atoms with van der Waals surface area (Å²) < 4.78 is 10.3. The lowest BCUT2D eigenvalue weighted by Gasteiger charge is -2.08. The molecule has 0 amide bonds. The molecule has 0 atom stereocenters. The Bertz CT molecular complexity index is 445. The van der Waals surface area contributed by atoms with Gasteiger partial charge in [0.2, 0.25) is 0 Å². The first-order chi connectivity index (χ1) is 10.1. The van der Waals surface area contributed by atoms with E-state index in [0.717, 1.165) is 25.7 Å². The minimum atomic E-state index is -0.443. The molecule has 0 aromatic heterocycles. The molecule has 0 heterocycles. The molecule has 116 valence electrons. The summed E-state index contributed by atoms with van der Waals surface area (Å²) in [5.41, 5.74) is 0.641. The summed E-state index contributed by atoms with van der Waals surface area (Å²) in [7, 11) is 0. The second-order valence-electron chi connectivity index (χ2n) is 4.75. The van der Waals surface area contributed by atoms with Gasteiger partial charge in [0.25, 0.3) is 0 Å². The van der Waals surface area contributed by atoms with Crippen LogP contribution in [0.2, 0.25) is 0 Å². The van der Waals surface area contributed by atoms with E-state index in [1.807, 2.05) is 13.8 Å². The van der Waals surface area contributed by atoms with Crippen molar-refractivity contribution >= 4 is 24.6 Å². The molecule has 21 heavy (non-hydrogen) atoms. The van der Waals surface area contributed by atoms with E-state index in [9.17, 15) is 9.59 Å². The summed E-state index contributed by atoms with van der Waals surface area (Å²) in [6, 6.07) is 4.66. The Labute approximate surface area is 131 Å².